The zero-order chi connectivity index (χ0) is 36.5. The monoisotopic (exact) mass is 672 g/mol. The van der Waals surface area contributed by atoms with Crippen LogP contribution in [0.3, 0.4) is 0 Å². The Morgan fingerprint density at radius 2 is 1.55 bits per heavy atom. The van der Waals surface area contributed by atoms with Gasteiger partial charge in [-0.2, -0.15) is 0 Å². The molecule has 4 rings (SSSR count). The Bertz CT molecular complexity index is 1910. The van der Waals surface area contributed by atoms with E-state index in [-0.39, 0.29) is 29.4 Å². The fourth-order valence-corrected chi connectivity index (χ4v) is 4.86. The highest BCUT2D eigenvalue weighted by Gasteiger charge is 2.29. The molecule has 2 amide bonds. The number of nitrogens with zero attached hydrogens (tertiary/aromatic N) is 3. The molecule has 0 aliphatic rings. The molecule has 1 atom stereocenters. The summed E-state index contributed by atoms with van der Waals surface area (Å²) < 4.78 is 12.3. The average molecular weight is 673 g/mol. The van der Waals surface area contributed by atoms with Gasteiger partial charge in [0.15, 0.2) is 0 Å². The molecule has 0 saturated heterocycles. The molecule has 0 aliphatic carbocycles. The quantitative estimate of drug-likeness (QED) is 0.175. The zero-order valence-corrected chi connectivity index (χ0v) is 29.3. The average Bonchev–Trinajstić information content (AvgIpc) is 3.32. The first kappa shape index (κ1) is 36.5. The summed E-state index contributed by atoms with van der Waals surface area (Å²) in [7, 11) is 0. The van der Waals surface area contributed by atoms with Crippen molar-refractivity contribution in [3.8, 4) is 11.1 Å². The highest BCUT2D eigenvalue weighted by atomic mass is 16.6. The van der Waals surface area contributed by atoms with Crippen molar-refractivity contribution in [3.05, 3.63) is 71.5 Å². The van der Waals surface area contributed by atoms with Crippen LogP contribution in [0, 0.1) is 5.41 Å². The van der Waals surface area contributed by atoms with Gasteiger partial charge < -0.3 is 30.9 Å². The second-order valence-corrected chi connectivity index (χ2v) is 14.7. The number of ether oxygens (including phenoxy) is 2. The smallest absolute Gasteiger partial charge is 0.421 e. The number of carbonyl (C=O) groups excluding carboxylic acids is 4. The van der Waals surface area contributed by atoms with Gasteiger partial charge in [0.1, 0.15) is 16.9 Å². The maximum Gasteiger partial charge on any atom is 0.421 e. The van der Waals surface area contributed by atoms with E-state index in [1.165, 1.54) is 18.3 Å². The van der Waals surface area contributed by atoms with Crippen LogP contribution in [0.15, 0.2) is 54.7 Å². The molecule has 5 N–H and O–H groups in total. The number of hydrogen-bond donors (Lipinski definition) is 4. The van der Waals surface area contributed by atoms with Crippen LogP contribution in [0.2, 0.25) is 0 Å². The third-order valence-corrected chi connectivity index (χ3v) is 7.26. The Kier molecular flexibility index (Phi) is 10.2. The van der Waals surface area contributed by atoms with Gasteiger partial charge in [-0.25, -0.2) is 19.1 Å². The lowest BCUT2D eigenvalue weighted by Crippen LogP contribution is -2.46. The molecule has 2 aromatic carbocycles. The van der Waals surface area contributed by atoms with E-state index in [0.717, 1.165) is 4.57 Å². The van der Waals surface area contributed by atoms with Gasteiger partial charge in [0, 0.05) is 23.0 Å². The van der Waals surface area contributed by atoms with E-state index in [2.05, 4.69) is 20.6 Å². The van der Waals surface area contributed by atoms with Gasteiger partial charge >= 0.3 is 12.1 Å². The van der Waals surface area contributed by atoms with Crippen LogP contribution < -0.4 is 16.4 Å². The van der Waals surface area contributed by atoms with Gasteiger partial charge in [-0.05, 0) is 88.9 Å². The van der Waals surface area contributed by atoms with Gasteiger partial charge in [0.2, 0.25) is 5.95 Å². The molecule has 0 radical (unpaired) electrons. The number of benzene rings is 2. The molecule has 13 nitrogen and oxygen atoms in total. The van der Waals surface area contributed by atoms with Crippen molar-refractivity contribution in [1.29, 1.82) is 0 Å². The summed E-state index contributed by atoms with van der Waals surface area (Å²) in [5, 5.41) is 15.5. The van der Waals surface area contributed by atoms with E-state index in [0.29, 0.717) is 27.8 Å². The Labute approximate surface area is 285 Å². The molecule has 0 fully saturated rings. The largest absolute Gasteiger partial charge is 0.456 e. The van der Waals surface area contributed by atoms with Crippen molar-refractivity contribution in [2.75, 3.05) is 17.7 Å². The normalized spacial score (nSPS) is 12.7. The first-order valence-electron chi connectivity index (χ1n) is 15.8. The van der Waals surface area contributed by atoms with E-state index in [1.54, 1.807) is 77.9 Å². The third-order valence-electron chi connectivity index (χ3n) is 7.26. The zero-order valence-electron chi connectivity index (χ0n) is 29.3. The highest BCUT2D eigenvalue weighted by Crippen LogP contribution is 2.31. The predicted molar refractivity (Wildman–Crippen MR) is 186 cm³/mol. The van der Waals surface area contributed by atoms with Gasteiger partial charge in [0.25, 0.3) is 11.8 Å². The minimum Gasteiger partial charge on any atom is -0.456 e. The summed E-state index contributed by atoms with van der Waals surface area (Å²) in [5.41, 5.74) is 5.82. The van der Waals surface area contributed by atoms with Gasteiger partial charge in [-0.15, -0.1) is 0 Å². The number of amides is 2. The first-order valence-corrected chi connectivity index (χ1v) is 15.8. The van der Waals surface area contributed by atoms with Crippen molar-refractivity contribution in [3.63, 3.8) is 0 Å². The summed E-state index contributed by atoms with van der Waals surface area (Å²) in [4.78, 5) is 62.1. The standard InChI is InChI=1S/C36H44N6O7/c1-34(2,3)27(19-43)41-29(44)20-12-14-22(24(17-20)31(46)48-35(4,5)6)23-11-10-16-38-28(23)30(45)39-21-13-15-25-26(18-21)42(32(37)40-25)33(47)49-36(7,8)9/h10-18,27,43H,19H2,1-9H3,(H2,37,40)(H,39,45)(H,41,44)/t27-/m1/s1. The van der Waals surface area contributed by atoms with Gasteiger partial charge in [-0.3, -0.25) is 14.6 Å². The number of fused-ring (bicyclic) bond motifs is 1. The van der Waals surface area contributed by atoms with E-state index in [1.807, 2.05) is 20.8 Å². The van der Waals surface area contributed by atoms with Crippen molar-refractivity contribution in [2.24, 2.45) is 5.41 Å². The van der Waals surface area contributed by atoms with Crippen LogP contribution in [0.4, 0.5) is 16.4 Å². The molecular weight excluding hydrogens is 628 g/mol. The second kappa shape index (κ2) is 13.7. The van der Waals surface area contributed by atoms with E-state index in [9.17, 15) is 24.3 Å². The van der Waals surface area contributed by atoms with E-state index in [4.69, 9.17) is 15.2 Å². The molecule has 2 aromatic heterocycles. The fourth-order valence-electron chi connectivity index (χ4n) is 4.86. The van der Waals surface area contributed by atoms with Crippen LogP contribution in [-0.4, -0.2) is 67.4 Å². The topological polar surface area (TPSA) is 188 Å². The Hall–Kier alpha value is -5.30. The first-order chi connectivity index (χ1) is 22.7. The number of nitrogens with two attached hydrogens (primary N) is 1. The minimum absolute atomic E-state index is 0.0159. The maximum atomic E-state index is 13.8. The molecule has 0 bridgehead atoms. The number of aliphatic hydroxyl groups excluding tert-OH is 1. The number of nitrogens with one attached hydrogen (secondary N) is 2. The van der Waals surface area contributed by atoms with Gasteiger partial charge in [0.05, 0.1) is 29.2 Å². The Balaban J connectivity index is 1.74. The number of aliphatic hydroxyl groups is 1. The van der Waals surface area contributed by atoms with Crippen LogP contribution >= 0.6 is 0 Å². The molecule has 49 heavy (non-hydrogen) atoms. The molecular formula is C36H44N6O7. The summed E-state index contributed by atoms with van der Waals surface area (Å²) in [5.74, 6) is -1.88. The van der Waals surface area contributed by atoms with Gasteiger partial charge in [-0.1, -0.05) is 32.9 Å². The number of esters is 1. The molecule has 0 saturated carbocycles. The number of pyridine rings is 1. The molecule has 2 heterocycles. The lowest BCUT2D eigenvalue weighted by molar-refractivity contribution is 0.00699. The summed E-state index contributed by atoms with van der Waals surface area (Å²) in [6.07, 6.45) is 0.719. The number of carbonyl (C=O) groups is 4. The molecule has 13 heteroatoms. The molecule has 260 valence electrons. The maximum absolute atomic E-state index is 13.8. The van der Waals surface area contributed by atoms with Crippen LogP contribution in [-0.2, 0) is 9.47 Å². The lowest BCUT2D eigenvalue weighted by atomic mass is 9.87. The predicted octanol–water partition coefficient (Wildman–Crippen LogP) is 5.81. The molecule has 0 unspecified atom stereocenters. The molecule has 0 spiro atoms. The van der Waals surface area contributed by atoms with Crippen molar-refractivity contribution >= 4 is 46.5 Å². The number of hydrogen-bond acceptors (Lipinski definition) is 10. The second-order valence-electron chi connectivity index (χ2n) is 14.7. The minimum atomic E-state index is -0.857. The van der Waals surface area contributed by atoms with Crippen LogP contribution in [0.1, 0.15) is 93.5 Å². The number of imidazole rings is 1. The summed E-state index contributed by atoms with van der Waals surface area (Å²) in [6, 6.07) is 11.9. The van der Waals surface area contributed by atoms with E-state index < -0.39 is 46.5 Å². The third kappa shape index (κ3) is 8.79. The van der Waals surface area contributed by atoms with Crippen molar-refractivity contribution < 1.29 is 33.8 Å². The summed E-state index contributed by atoms with van der Waals surface area (Å²) >= 11 is 0. The highest BCUT2D eigenvalue weighted by molar-refractivity contribution is 6.10. The lowest BCUT2D eigenvalue weighted by Gasteiger charge is -2.30. The van der Waals surface area contributed by atoms with Crippen LogP contribution in [0.25, 0.3) is 22.2 Å². The fraction of sp³-hybridized carbons (Fsp3) is 0.389. The Morgan fingerprint density at radius 1 is 0.878 bits per heavy atom. The number of anilines is 2. The SMILES string of the molecule is CC(C)(C)OC(=O)c1cc(C(=O)N[C@H](CO)C(C)(C)C)ccc1-c1cccnc1C(=O)Nc1ccc2nc(N)n(C(=O)OC(C)(C)C)c2c1. The van der Waals surface area contributed by atoms with Crippen LogP contribution in [0.5, 0.6) is 0 Å². The van der Waals surface area contributed by atoms with Crippen molar-refractivity contribution in [2.45, 2.75) is 79.6 Å². The molecule has 4 aromatic rings. The number of aromatic nitrogens is 3. The molecule has 0 aliphatic heterocycles. The number of rotatable bonds is 7. The number of nitrogen functional groups attached to an aromatic ring is 1. The van der Waals surface area contributed by atoms with E-state index >= 15 is 0 Å². The Morgan fingerprint density at radius 3 is 2.16 bits per heavy atom. The summed E-state index contributed by atoms with van der Waals surface area (Å²) in [6.45, 7) is 15.7. The van der Waals surface area contributed by atoms with Crippen molar-refractivity contribution in [1.82, 2.24) is 19.9 Å².